The molecule has 0 fully saturated rings. The van der Waals surface area contributed by atoms with Crippen molar-refractivity contribution in [3.8, 4) is 0 Å². The van der Waals surface area contributed by atoms with Gasteiger partial charge in [0.05, 0.1) is 10.6 Å². The summed E-state index contributed by atoms with van der Waals surface area (Å²) in [5.41, 5.74) is 6.09. The maximum Gasteiger partial charge on any atom is 0.294 e. The van der Waals surface area contributed by atoms with Gasteiger partial charge in [0.15, 0.2) is 0 Å². The first-order chi connectivity index (χ1) is 10.6. The number of rotatable bonds is 10. The molecule has 5 N–H and O–H groups in total. The van der Waals surface area contributed by atoms with E-state index in [1.807, 2.05) is 0 Å². The normalized spacial score (nSPS) is 10.6. The zero-order valence-corrected chi connectivity index (χ0v) is 12.3. The monoisotopic (exact) mass is 307 g/mol. The highest BCUT2D eigenvalue weighted by Gasteiger charge is 2.15. The van der Waals surface area contributed by atoms with E-state index in [0.29, 0.717) is 24.3 Å². The van der Waals surface area contributed by atoms with E-state index in [1.165, 1.54) is 23.5 Å². The van der Waals surface area contributed by atoms with Gasteiger partial charge in [0.25, 0.3) is 5.69 Å². The molecule has 1 aromatic rings. The molecule has 0 aromatic heterocycles. The van der Waals surface area contributed by atoms with Crippen molar-refractivity contribution in [1.29, 1.82) is 0 Å². The number of hydrogen-bond donors (Lipinski definition) is 3. The molecule has 0 heterocycles. The van der Waals surface area contributed by atoms with Gasteiger partial charge >= 0.3 is 0 Å². The third-order valence-electron chi connectivity index (χ3n) is 3.04. The van der Waals surface area contributed by atoms with Crippen LogP contribution in [0.1, 0.15) is 25.7 Å². The van der Waals surface area contributed by atoms with Crippen molar-refractivity contribution in [2.75, 3.05) is 16.9 Å². The number of nitro benzene ring substituents is 1. The maximum atomic E-state index is 11.2. The number of nitrogens with one attached hydrogen (secondary N) is 1. The number of unbranched alkanes of at least 4 members (excludes halogenated alkanes) is 3. The van der Waals surface area contributed by atoms with Crippen molar-refractivity contribution in [2.24, 2.45) is 11.6 Å². The molecule has 0 saturated carbocycles. The zero-order chi connectivity index (χ0) is 16.4. The lowest BCUT2D eigenvalue weighted by Crippen LogP contribution is -2.24. The summed E-state index contributed by atoms with van der Waals surface area (Å²) in [5, 5.41) is 15.4. The lowest BCUT2D eigenvalue weighted by molar-refractivity contribution is -0.383. The predicted molar refractivity (Wildman–Crippen MR) is 86.1 cm³/mol. The number of anilines is 2. The molecule has 0 saturated heterocycles. The summed E-state index contributed by atoms with van der Waals surface area (Å²) in [6.45, 7) is 0.605. The second kappa shape index (κ2) is 9.35. The first-order valence-corrected chi connectivity index (χ1v) is 6.98. The fourth-order valence-electron chi connectivity index (χ4n) is 1.91. The molecule has 120 valence electrons. The highest BCUT2D eigenvalue weighted by molar-refractivity contribution is 5.68. The van der Waals surface area contributed by atoms with Crippen LogP contribution in [0.2, 0.25) is 0 Å². The molecule has 0 amide bonds. The first-order valence-electron chi connectivity index (χ1n) is 6.98. The van der Waals surface area contributed by atoms with Crippen LogP contribution in [0.5, 0.6) is 0 Å². The Morgan fingerprint density at radius 3 is 2.73 bits per heavy atom. The summed E-state index contributed by atoms with van der Waals surface area (Å²) in [7, 11) is 0. The van der Waals surface area contributed by atoms with Crippen molar-refractivity contribution in [2.45, 2.75) is 25.7 Å². The Morgan fingerprint density at radius 1 is 1.32 bits per heavy atom. The lowest BCUT2D eigenvalue weighted by Gasteiger charge is -2.14. The van der Waals surface area contributed by atoms with Gasteiger partial charge in [-0.15, -0.1) is 0 Å². The number of carbonyl (C=O) groups excluding carboxylic acids is 1. The highest BCUT2D eigenvalue weighted by Crippen LogP contribution is 2.29. The topological polar surface area (TPSA) is 128 Å². The van der Waals surface area contributed by atoms with Gasteiger partial charge in [-0.1, -0.05) is 6.42 Å². The number of nitrogens with zero attached hydrogens (tertiary/aromatic N) is 2. The molecule has 0 unspecified atom stereocenters. The molecule has 1 rings (SSSR count). The fraction of sp³-hybridized carbons (Fsp3) is 0.357. The molecule has 0 aliphatic carbocycles. The van der Waals surface area contributed by atoms with Crippen molar-refractivity contribution < 1.29 is 9.72 Å². The van der Waals surface area contributed by atoms with Crippen molar-refractivity contribution >= 4 is 23.3 Å². The molecule has 0 atom stereocenters. The number of nitro groups is 1. The largest absolute Gasteiger partial charge is 0.403 e. The Morgan fingerprint density at radius 2 is 2.09 bits per heavy atom. The maximum absolute atomic E-state index is 11.2. The third kappa shape index (κ3) is 5.41. The molecule has 0 bridgehead atoms. The van der Waals surface area contributed by atoms with Crippen molar-refractivity contribution in [3.63, 3.8) is 0 Å². The summed E-state index contributed by atoms with van der Waals surface area (Å²) >= 11 is 0. The van der Waals surface area contributed by atoms with E-state index in [1.54, 1.807) is 12.1 Å². The molecule has 8 heteroatoms. The number of nitrogens with two attached hydrogens (primary N) is 2. The number of benzene rings is 1. The first kappa shape index (κ1) is 17.4. The molecule has 0 spiro atoms. The summed E-state index contributed by atoms with van der Waals surface area (Å²) in [6.07, 6.45) is 6.67. The van der Waals surface area contributed by atoms with Crippen LogP contribution in [-0.2, 0) is 4.79 Å². The average molecular weight is 307 g/mol. The molecular formula is C14H21N5O3. The molecule has 0 aliphatic rings. The minimum absolute atomic E-state index is 0.0498. The van der Waals surface area contributed by atoms with Gasteiger partial charge in [-0.05, 0) is 25.0 Å². The lowest BCUT2D eigenvalue weighted by atomic mass is 10.2. The Hall–Kier alpha value is -2.61. The summed E-state index contributed by atoms with van der Waals surface area (Å²) < 4.78 is 0. The fourth-order valence-corrected chi connectivity index (χ4v) is 1.91. The number of hydrazine groups is 1. The van der Waals surface area contributed by atoms with E-state index in [0.717, 1.165) is 25.5 Å². The van der Waals surface area contributed by atoms with E-state index < -0.39 is 4.92 Å². The van der Waals surface area contributed by atoms with E-state index >= 15 is 0 Å². The Labute approximate surface area is 128 Å². The van der Waals surface area contributed by atoms with Crippen LogP contribution in [0.3, 0.4) is 0 Å². The van der Waals surface area contributed by atoms with Crippen LogP contribution in [-0.4, -0.2) is 17.8 Å². The Balaban J connectivity index is 2.70. The van der Waals surface area contributed by atoms with Gasteiger partial charge in [0.2, 0.25) is 0 Å². The summed E-state index contributed by atoms with van der Waals surface area (Å²) in [6, 6.07) is 4.67. The van der Waals surface area contributed by atoms with Crippen LogP contribution >= 0.6 is 0 Å². The highest BCUT2D eigenvalue weighted by atomic mass is 16.6. The molecule has 22 heavy (non-hydrogen) atoms. The van der Waals surface area contributed by atoms with E-state index in [2.05, 4.69) is 5.32 Å². The number of aldehydes is 1. The standard InChI is InChI=1S/C14H21N5O3/c15-7-9-18(16)12-5-6-13(14(11-12)19(21)22)17-8-3-1-2-4-10-20/h5-7,9-11,17H,1-4,8,15-16H2/b9-7-. The molecule has 0 aliphatic heterocycles. The van der Waals surface area contributed by atoms with Crippen LogP contribution in [0.4, 0.5) is 17.1 Å². The van der Waals surface area contributed by atoms with Crippen LogP contribution in [0, 0.1) is 10.1 Å². The van der Waals surface area contributed by atoms with Gasteiger partial charge in [-0.2, -0.15) is 0 Å². The van der Waals surface area contributed by atoms with Gasteiger partial charge in [-0.3, -0.25) is 15.1 Å². The zero-order valence-electron chi connectivity index (χ0n) is 12.3. The average Bonchev–Trinajstić information content (AvgIpc) is 2.50. The van der Waals surface area contributed by atoms with E-state index in [-0.39, 0.29) is 5.69 Å². The van der Waals surface area contributed by atoms with Crippen molar-refractivity contribution in [3.05, 3.63) is 40.7 Å². The molecule has 1 aromatic carbocycles. The SMILES string of the molecule is N/C=C\N(N)c1ccc(NCCCCCC=O)c([N+](=O)[O-])c1. The van der Waals surface area contributed by atoms with Gasteiger partial charge in [0, 0.05) is 31.4 Å². The van der Waals surface area contributed by atoms with E-state index in [4.69, 9.17) is 11.6 Å². The summed E-state index contributed by atoms with van der Waals surface area (Å²) in [4.78, 5) is 20.9. The minimum atomic E-state index is -0.460. The summed E-state index contributed by atoms with van der Waals surface area (Å²) in [5.74, 6) is 5.69. The smallest absolute Gasteiger partial charge is 0.294 e. The van der Waals surface area contributed by atoms with Crippen LogP contribution in [0.25, 0.3) is 0 Å². The second-order valence-electron chi connectivity index (χ2n) is 4.65. The minimum Gasteiger partial charge on any atom is -0.403 e. The molecular weight excluding hydrogens is 286 g/mol. The predicted octanol–water partition coefficient (Wildman–Crippen LogP) is 1.88. The van der Waals surface area contributed by atoms with Gasteiger partial charge < -0.3 is 15.8 Å². The Bertz CT molecular complexity index is 533. The third-order valence-corrected chi connectivity index (χ3v) is 3.04. The quantitative estimate of drug-likeness (QED) is 0.198. The van der Waals surface area contributed by atoms with Gasteiger partial charge in [0.1, 0.15) is 12.0 Å². The number of hydrogen-bond acceptors (Lipinski definition) is 7. The molecule has 0 radical (unpaired) electrons. The van der Waals surface area contributed by atoms with Crippen LogP contribution < -0.4 is 21.9 Å². The van der Waals surface area contributed by atoms with Crippen molar-refractivity contribution in [1.82, 2.24) is 0 Å². The van der Waals surface area contributed by atoms with Gasteiger partial charge in [-0.25, -0.2) is 5.84 Å². The Kier molecular flexibility index (Phi) is 7.41. The molecule has 8 nitrogen and oxygen atoms in total. The number of carbonyl (C=O) groups is 1. The second-order valence-corrected chi connectivity index (χ2v) is 4.65. The van der Waals surface area contributed by atoms with Crippen LogP contribution in [0.15, 0.2) is 30.6 Å². The van der Waals surface area contributed by atoms with E-state index in [9.17, 15) is 14.9 Å².